The highest BCUT2D eigenvalue weighted by Crippen LogP contribution is 2.31. The Morgan fingerprint density at radius 3 is 2.51 bits per heavy atom. The number of alkyl halides is 2. The summed E-state index contributed by atoms with van der Waals surface area (Å²) in [6, 6.07) is 9.05. The van der Waals surface area contributed by atoms with Crippen LogP contribution in [-0.4, -0.2) is 89.5 Å². The van der Waals surface area contributed by atoms with Gasteiger partial charge in [0.1, 0.15) is 18.2 Å². The van der Waals surface area contributed by atoms with Gasteiger partial charge in [0.25, 0.3) is 6.43 Å². The molecular weight excluding hydrogens is 556 g/mol. The minimum atomic E-state index is -2.76. The van der Waals surface area contributed by atoms with Gasteiger partial charge in [0.2, 0.25) is 11.9 Å². The van der Waals surface area contributed by atoms with Crippen LogP contribution in [0.2, 0.25) is 0 Å². The molecule has 13 heteroatoms. The lowest BCUT2D eigenvalue weighted by molar-refractivity contribution is -0.138. The van der Waals surface area contributed by atoms with E-state index in [1.807, 2.05) is 11.8 Å². The zero-order valence-electron chi connectivity index (χ0n) is 23.5. The Hall–Kier alpha value is -3.09. The highest BCUT2D eigenvalue weighted by molar-refractivity contribution is 5.85. The molecule has 0 spiro atoms. The molecule has 1 saturated heterocycles. The van der Waals surface area contributed by atoms with Gasteiger partial charge in [-0.3, -0.25) is 9.36 Å². The molecule has 10 nitrogen and oxygen atoms in total. The summed E-state index contributed by atoms with van der Waals surface area (Å²) in [7, 11) is 1.54. The van der Waals surface area contributed by atoms with Crippen molar-refractivity contribution in [3.8, 4) is 5.82 Å². The minimum Gasteiger partial charge on any atom is -0.378 e. The van der Waals surface area contributed by atoms with Crippen LogP contribution < -0.4 is 10.2 Å². The summed E-state index contributed by atoms with van der Waals surface area (Å²) in [5.41, 5.74) is 1.05. The van der Waals surface area contributed by atoms with Crippen molar-refractivity contribution in [2.75, 3.05) is 63.3 Å². The number of likely N-dealkylation sites (N-methyl/N-ethyl adjacent to an activating group) is 1. The molecule has 0 radical (unpaired) electrons. The first-order chi connectivity index (χ1) is 19.5. The van der Waals surface area contributed by atoms with Crippen molar-refractivity contribution in [3.63, 3.8) is 0 Å². The van der Waals surface area contributed by atoms with Gasteiger partial charge in [-0.15, -0.1) is 12.4 Å². The van der Waals surface area contributed by atoms with Crippen LogP contribution in [0.15, 0.2) is 30.3 Å². The monoisotopic (exact) mass is 593 g/mol. The molecule has 3 aromatic rings. The predicted molar refractivity (Wildman–Crippen MR) is 155 cm³/mol. The second-order valence-electron chi connectivity index (χ2n) is 10.3. The van der Waals surface area contributed by atoms with Gasteiger partial charge in [0, 0.05) is 45.4 Å². The van der Waals surface area contributed by atoms with E-state index in [1.165, 1.54) is 4.57 Å². The lowest BCUT2D eigenvalue weighted by Gasteiger charge is -2.36. The van der Waals surface area contributed by atoms with Crippen molar-refractivity contribution in [1.29, 1.82) is 0 Å². The Morgan fingerprint density at radius 1 is 1.12 bits per heavy atom. The predicted octanol–water partition coefficient (Wildman–Crippen LogP) is 4.48. The molecule has 3 heterocycles. The van der Waals surface area contributed by atoms with Gasteiger partial charge >= 0.3 is 0 Å². The standard InChI is InChI=1S/C28H37F2N7O3.ClH/c1-3-36(25(38)18-39-2)20-10-8-19(9-11-20)17-31-28-33-23(35-12-14-40-15-13-35)16-24(34-28)37-22-7-5-4-6-21(22)32-27(37)26(29)30;/h4-7,16,19-20,26H,3,8-15,17-18H2,1-2H3,(H,31,33,34);1H. The van der Waals surface area contributed by atoms with Crippen LogP contribution in [0.4, 0.5) is 20.5 Å². The fraction of sp³-hybridized carbons (Fsp3) is 0.571. The van der Waals surface area contributed by atoms with E-state index >= 15 is 0 Å². The number of hydrogen-bond donors (Lipinski definition) is 1. The maximum Gasteiger partial charge on any atom is 0.296 e. The third-order valence-electron chi connectivity index (χ3n) is 7.78. The number of fused-ring (bicyclic) bond motifs is 1. The molecule has 224 valence electrons. The van der Waals surface area contributed by atoms with E-state index < -0.39 is 6.43 Å². The number of methoxy groups -OCH3 is 1. The molecule has 0 atom stereocenters. The molecule has 1 saturated carbocycles. The molecule has 1 aromatic carbocycles. The lowest BCUT2D eigenvalue weighted by atomic mass is 9.85. The number of imidazole rings is 1. The van der Waals surface area contributed by atoms with Crippen molar-refractivity contribution in [3.05, 3.63) is 36.2 Å². The summed E-state index contributed by atoms with van der Waals surface area (Å²) in [6.07, 6.45) is 1.01. The molecule has 41 heavy (non-hydrogen) atoms. The Kier molecular flexibility index (Phi) is 10.7. The van der Waals surface area contributed by atoms with Crippen molar-refractivity contribution >= 4 is 41.1 Å². The van der Waals surface area contributed by atoms with Gasteiger partial charge in [-0.1, -0.05) is 12.1 Å². The highest BCUT2D eigenvalue weighted by Gasteiger charge is 2.28. The maximum atomic E-state index is 14.1. The third kappa shape index (κ3) is 7.04. The normalized spacial score (nSPS) is 19.3. The molecule has 1 aliphatic carbocycles. The van der Waals surface area contributed by atoms with Crippen LogP contribution in [0.25, 0.3) is 16.9 Å². The van der Waals surface area contributed by atoms with Crippen LogP contribution in [0.5, 0.6) is 0 Å². The van der Waals surface area contributed by atoms with Crippen LogP contribution in [0, 0.1) is 5.92 Å². The molecule has 1 N–H and O–H groups in total. The van der Waals surface area contributed by atoms with Gasteiger partial charge in [0.05, 0.1) is 24.2 Å². The first kappa shape index (κ1) is 30.9. The maximum absolute atomic E-state index is 14.1. The minimum absolute atomic E-state index is 0. The number of carbonyl (C=O) groups excluding carboxylic acids is 1. The van der Waals surface area contributed by atoms with E-state index in [4.69, 9.17) is 19.4 Å². The second kappa shape index (κ2) is 14.2. The van der Waals surface area contributed by atoms with Crippen LogP contribution >= 0.6 is 12.4 Å². The van der Waals surface area contributed by atoms with Crippen molar-refractivity contribution in [1.82, 2.24) is 24.4 Å². The number of benzene rings is 1. The number of hydrogen-bond acceptors (Lipinski definition) is 8. The number of amides is 1. The summed E-state index contributed by atoms with van der Waals surface area (Å²) in [6.45, 7) is 5.89. The average molecular weight is 594 g/mol. The highest BCUT2D eigenvalue weighted by atomic mass is 35.5. The summed E-state index contributed by atoms with van der Waals surface area (Å²) in [4.78, 5) is 30.1. The number of aromatic nitrogens is 4. The average Bonchev–Trinajstić information content (AvgIpc) is 3.38. The van der Waals surface area contributed by atoms with Crippen LogP contribution in [0.1, 0.15) is 44.9 Å². The Bertz CT molecular complexity index is 1300. The Balaban J connectivity index is 0.00000387. The summed E-state index contributed by atoms with van der Waals surface area (Å²) < 4.78 is 40.2. The number of nitrogens with zero attached hydrogens (tertiary/aromatic N) is 6. The van der Waals surface area contributed by atoms with E-state index in [0.717, 1.165) is 25.7 Å². The summed E-state index contributed by atoms with van der Waals surface area (Å²) >= 11 is 0. The number of para-hydroxylation sites is 2. The van der Waals surface area contributed by atoms with E-state index in [1.54, 1.807) is 37.4 Å². The molecule has 1 amide bonds. The first-order valence-corrected chi connectivity index (χ1v) is 14.0. The molecule has 0 bridgehead atoms. The number of carbonyl (C=O) groups is 1. The smallest absolute Gasteiger partial charge is 0.296 e. The molecule has 2 aliphatic rings. The summed E-state index contributed by atoms with van der Waals surface area (Å²) in [5.74, 6) is 1.47. The number of ether oxygens (including phenoxy) is 2. The second-order valence-corrected chi connectivity index (χ2v) is 10.3. The van der Waals surface area contributed by atoms with Gasteiger partial charge in [-0.25, -0.2) is 13.8 Å². The molecule has 2 fully saturated rings. The fourth-order valence-corrected chi connectivity index (χ4v) is 5.74. The lowest BCUT2D eigenvalue weighted by Crippen LogP contribution is -2.44. The number of morpholine rings is 1. The van der Waals surface area contributed by atoms with E-state index in [0.29, 0.717) is 73.9 Å². The number of anilines is 2. The SMILES string of the molecule is CCN(C(=O)COC)C1CCC(CNc2nc(N3CCOCC3)cc(-n3c(C(F)F)nc4ccccc43)n2)CC1.Cl. The quantitative estimate of drug-likeness (QED) is 0.368. The van der Waals surface area contributed by atoms with Gasteiger partial charge in [-0.2, -0.15) is 9.97 Å². The molecule has 0 unspecified atom stereocenters. The van der Waals surface area contributed by atoms with Gasteiger partial charge in [-0.05, 0) is 50.7 Å². The topological polar surface area (TPSA) is 97.6 Å². The molecular formula is C28H38ClF2N7O3. The first-order valence-electron chi connectivity index (χ1n) is 14.0. The number of halogens is 3. The molecule has 1 aliphatic heterocycles. The van der Waals surface area contributed by atoms with E-state index in [2.05, 4.69) is 15.2 Å². The van der Waals surface area contributed by atoms with Crippen LogP contribution in [-0.2, 0) is 14.3 Å². The largest absolute Gasteiger partial charge is 0.378 e. The number of nitrogens with one attached hydrogen (secondary N) is 1. The van der Waals surface area contributed by atoms with Gasteiger partial charge in [0.15, 0.2) is 5.82 Å². The Labute approximate surface area is 244 Å². The van der Waals surface area contributed by atoms with Gasteiger partial charge < -0.3 is 24.6 Å². The fourth-order valence-electron chi connectivity index (χ4n) is 5.74. The van der Waals surface area contributed by atoms with E-state index in [-0.39, 0.29) is 36.8 Å². The third-order valence-corrected chi connectivity index (χ3v) is 7.78. The van der Waals surface area contributed by atoms with Crippen molar-refractivity contribution in [2.45, 2.75) is 45.1 Å². The number of rotatable bonds is 10. The van der Waals surface area contributed by atoms with Crippen molar-refractivity contribution in [2.24, 2.45) is 5.92 Å². The summed E-state index contributed by atoms with van der Waals surface area (Å²) in [5, 5.41) is 3.39. The molecule has 5 rings (SSSR count). The molecule has 2 aromatic heterocycles. The van der Waals surface area contributed by atoms with E-state index in [9.17, 15) is 13.6 Å². The zero-order valence-corrected chi connectivity index (χ0v) is 24.3. The Morgan fingerprint density at radius 2 is 1.83 bits per heavy atom. The van der Waals surface area contributed by atoms with Crippen molar-refractivity contribution < 1.29 is 23.0 Å². The zero-order chi connectivity index (χ0) is 28.1. The van der Waals surface area contributed by atoms with Crippen LogP contribution in [0.3, 0.4) is 0 Å².